The fourth-order valence-electron chi connectivity index (χ4n) is 2.70. The van der Waals surface area contributed by atoms with Gasteiger partial charge in [-0.05, 0) is 48.5 Å². The Bertz CT molecular complexity index is 1140. The topological polar surface area (TPSA) is 79.5 Å². The maximum atomic E-state index is 13.3. The first kappa shape index (κ1) is 17.0. The number of nitrogens with one attached hydrogen (secondary N) is 1. The molecule has 27 heavy (non-hydrogen) atoms. The Morgan fingerprint density at radius 1 is 1.07 bits per heavy atom. The summed E-state index contributed by atoms with van der Waals surface area (Å²) in [5.74, 6) is -0.958. The smallest absolute Gasteiger partial charge is 0.275 e. The lowest BCUT2D eigenvalue weighted by Crippen LogP contribution is -2.15. The maximum absolute atomic E-state index is 13.3. The van der Waals surface area contributed by atoms with Crippen LogP contribution in [0.5, 0.6) is 5.88 Å². The lowest BCUT2D eigenvalue weighted by molar-refractivity contribution is 0.102. The summed E-state index contributed by atoms with van der Waals surface area (Å²) in [5.41, 5.74) is 1.39. The van der Waals surface area contributed by atoms with Gasteiger partial charge in [0.15, 0.2) is 5.88 Å². The van der Waals surface area contributed by atoms with Crippen LogP contribution in [0.1, 0.15) is 10.5 Å². The van der Waals surface area contributed by atoms with Crippen molar-refractivity contribution in [3.8, 4) is 17.1 Å². The number of aromatic hydroxyl groups is 1. The summed E-state index contributed by atoms with van der Waals surface area (Å²) in [6, 6.07) is 13.5. The van der Waals surface area contributed by atoms with E-state index in [2.05, 4.69) is 15.3 Å². The van der Waals surface area contributed by atoms with Gasteiger partial charge in [0.05, 0.1) is 0 Å². The quantitative estimate of drug-likeness (QED) is 0.558. The second-order valence-corrected chi connectivity index (χ2v) is 6.15. The van der Waals surface area contributed by atoms with Crippen molar-refractivity contribution in [3.05, 3.63) is 77.3 Å². The fraction of sp³-hybridized carbons (Fsp3) is 0. The van der Waals surface area contributed by atoms with Crippen LogP contribution in [-0.2, 0) is 0 Å². The molecule has 0 bridgehead atoms. The van der Waals surface area contributed by atoms with Gasteiger partial charge in [0.2, 0.25) is 5.78 Å². The molecular formula is C19H12ClFN4O2. The molecule has 4 aromatic rings. The van der Waals surface area contributed by atoms with Crippen molar-refractivity contribution >= 4 is 29.0 Å². The lowest BCUT2D eigenvalue weighted by Gasteiger charge is -2.08. The number of benzene rings is 2. The molecular weight excluding hydrogens is 371 g/mol. The standard InChI is InChI=1S/C19H12ClFN4O2/c20-12-3-7-14(8-4-12)23-18(27)17-16(11-1-5-13(21)6-2-11)24-19-22-10-9-15(26)25(17)19/h1-10,26H,(H,23,27). The molecule has 2 N–H and O–H groups in total. The monoisotopic (exact) mass is 382 g/mol. The molecule has 2 aromatic heterocycles. The zero-order chi connectivity index (χ0) is 19.0. The molecule has 2 heterocycles. The minimum absolute atomic E-state index is 0.0807. The molecule has 0 saturated carbocycles. The first-order chi connectivity index (χ1) is 13.0. The SMILES string of the molecule is O=C(Nc1ccc(Cl)cc1)c1c(-c2ccc(F)cc2)nc2nccc(O)n12. The van der Waals surface area contributed by atoms with Gasteiger partial charge >= 0.3 is 0 Å². The van der Waals surface area contributed by atoms with Crippen molar-refractivity contribution in [2.24, 2.45) is 0 Å². The Morgan fingerprint density at radius 2 is 1.78 bits per heavy atom. The number of amides is 1. The molecule has 6 nitrogen and oxygen atoms in total. The highest BCUT2D eigenvalue weighted by Crippen LogP contribution is 2.28. The van der Waals surface area contributed by atoms with Gasteiger partial charge in [0.1, 0.15) is 17.2 Å². The minimum Gasteiger partial charge on any atom is -0.494 e. The van der Waals surface area contributed by atoms with Crippen molar-refractivity contribution in [2.75, 3.05) is 5.32 Å². The summed E-state index contributed by atoms with van der Waals surface area (Å²) in [5, 5.41) is 13.5. The van der Waals surface area contributed by atoms with E-state index >= 15 is 0 Å². The van der Waals surface area contributed by atoms with Gasteiger partial charge in [0.25, 0.3) is 5.91 Å². The van der Waals surface area contributed by atoms with Gasteiger partial charge in [-0.25, -0.2) is 18.8 Å². The Balaban J connectivity index is 1.86. The average Bonchev–Trinajstić information content (AvgIpc) is 3.05. The van der Waals surface area contributed by atoms with Crippen LogP contribution in [0, 0.1) is 5.82 Å². The predicted octanol–water partition coefficient (Wildman–Crippen LogP) is 4.15. The molecule has 0 spiro atoms. The maximum Gasteiger partial charge on any atom is 0.275 e. The normalized spacial score (nSPS) is 10.9. The number of halogens is 2. The summed E-state index contributed by atoms with van der Waals surface area (Å²) >= 11 is 5.87. The molecule has 134 valence electrons. The van der Waals surface area contributed by atoms with Gasteiger partial charge < -0.3 is 10.4 Å². The average molecular weight is 383 g/mol. The molecule has 0 aliphatic heterocycles. The Labute approximate surface area is 157 Å². The van der Waals surface area contributed by atoms with Crippen molar-refractivity contribution in [1.82, 2.24) is 14.4 Å². The molecule has 0 atom stereocenters. The summed E-state index contributed by atoms with van der Waals surface area (Å²) in [6.45, 7) is 0. The zero-order valence-corrected chi connectivity index (χ0v) is 14.5. The van der Waals surface area contributed by atoms with Crippen LogP contribution in [0.15, 0.2) is 60.8 Å². The van der Waals surface area contributed by atoms with Gasteiger partial charge in [-0.2, -0.15) is 0 Å². The Morgan fingerprint density at radius 3 is 2.48 bits per heavy atom. The highest BCUT2D eigenvalue weighted by atomic mass is 35.5. The third kappa shape index (κ3) is 3.20. The molecule has 0 aliphatic carbocycles. The second kappa shape index (κ2) is 6.69. The Kier molecular flexibility index (Phi) is 4.21. The number of imidazole rings is 1. The first-order valence-corrected chi connectivity index (χ1v) is 8.30. The molecule has 0 radical (unpaired) electrons. The number of fused-ring (bicyclic) bond motifs is 1. The molecule has 0 unspecified atom stereocenters. The summed E-state index contributed by atoms with van der Waals surface area (Å²) < 4.78 is 14.5. The molecule has 2 aromatic carbocycles. The van der Waals surface area contributed by atoms with Gasteiger partial charge in [-0.15, -0.1) is 0 Å². The molecule has 4 rings (SSSR count). The van der Waals surface area contributed by atoms with Crippen molar-refractivity contribution < 1.29 is 14.3 Å². The number of rotatable bonds is 3. The van der Waals surface area contributed by atoms with E-state index in [4.69, 9.17) is 11.6 Å². The van der Waals surface area contributed by atoms with Gasteiger partial charge in [0, 0.05) is 28.5 Å². The number of carbonyl (C=O) groups excluding carboxylic acids is 1. The van der Waals surface area contributed by atoms with E-state index in [1.165, 1.54) is 40.9 Å². The minimum atomic E-state index is -0.507. The fourth-order valence-corrected chi connectivity index (χ4v) is 2.83. The van der Waals surface area contributed by atoms with Crippen LogP contribution in [0.3, 0.4) is 0 Å². The number of nitrogens with zero attached hydrogens (tertiary/aromatic N) is 3. The van der Waals surface area contributed by atoms with E-state index in [0.717, 1.165) is 0 Å². The van der Waals surface area contributed by atoms with Gasteiger partial charge in [-0.3, -0.25) is 4.79 Å². The molecule has 1 amide bonds. The van der Waals surface area contributed by atoms with Crippen LogP contribution >= 0.6 is 11.6 Å². The van der Waals surface area contributed by atoms with Crippen molar-refractivity contribution in [2.45, 2.75) is 0 Å². The summed E-state index contributed by atoms with van der Waals surface area (Å²) in [7, 11) is 0. The number of aromatic nitrogens is 3. The first-order valence-electron chi connectivity index (χ1n) is 7.92. The molecule has 0 aliphatic rings. The van der Waals surface area contributed by atoms with Crippen LogP contribution in [0.2, 0.25) is 5.02 Å². The van der Waals surface area contributed by atoms with E-state index in [0.29, 0.717) is 16.3 Å². The van der Waals surface area contributed by atoms with E-state index < -0.39 is 11.7 Å². The number of hydrogen-bond donors (Lipinski definition) is 2. The lowest BCUT2D eigenvalue weighted by atomic mass is 10.1. The molecule has 0 fully saturated rings. The van der Waals surface area contributed by atoms with Crippen LogP contribution < -0.4 is 5.32 Å². The number of hydrogen-bond acceptors (Lipinski definition) is 4. The predicted molar refractivity (Wildman–Crippen MR) is 99.5 cm³/mol. The van der Waals surface area contributed by atoms with Crippen molar-refractivity contribution in [3.63, 3.8) is 0 Å². The second-order valence-electron chi connectivity index (χ2n) is 5.72. The van der Waals surface area contributed by atoms with Crippen LogP contribution in [0.25, 0.3) is 17.0 Å². The number of carbonyl (C=O) groups is 1. The zero-order valence-electron chi connectivity index (χ0n) is 13.7. The highest BCUT2D eigenvalue weighted by molar-refractivity contribution is 6.30. The van der Waals surface area contributed by atoms with E-state index in [1.807, 2.05) is 0 Å². The molecule has 8 heteroatoms. The van der Waals surface area contributed by atoms with Crippen LogP contribution in [0.4, 0.5) is 10.1 Å². The van der Waals surface area contributed by atoms with Crippen LogP contribution in [-0.4, -0.2) is 25.4 Å². The largest absolute Gasteiger partial charge is 0.494 e. The summed E-state index contributed by atoms with van der Waals surface area (Å²) in [6.07, 6.45) is 1.38. The van der Waals surface area contributed by atoms with E-state index in [1.54, 1.807) is 24.3 Å². The van der Waals surface area contributed by atoms with Gasteiger partial charge in [-0.1, -0.05) is 11.6 Å². The number of anilines is 1. The third-order valence-corrected chi connectivity index (χ3v) is 4.19. The highest BCUT2D eigenvalue weighted by Gasteiger charge is 2.23. The third-order valence-electron chi connectivity index (χ3n) is 3.94. The molecule has 0 saturated heterocycles. The van der Waals surface area contributed by atoms with Crippen molar-refractivity contribution in [1.29, 1.82) is 0 Å². The Hall–Kier alpha value is -3.45. The van der Waals surface area contributed by atoms with E-state index in [9.17, 15) is 14.3 Å². The van der Waals surface area contributed by atoms with E-state index in [-0.39, 0.29) is 23.0 Å². The summed E-state index contributed by atoms with van der Waals surface area (Å²) in [4.78, 5) is 21.4.